The minimum absolute atomic E-state index is 0.481. The summed E-state index contributed by atoms with van der Waals surface area (Å²) in [5.74, 6) is 1.92. The van der Waals surface area contributed by atoms with Gasteiger partial charge in [0.2, 0.25) is 0 Å². The molecule has 4 nitrogen and oxygen atoms in total. The summed E-state index contributed by atoms with van der Waals surface area (Å²) in [7, 11) is 0. The Bertz CT molecular complexity index is 3380. The van der Waals surface area contributed by atoms with Crippen LogP contribution in [0.4, 0.5) is 0 Å². The van der Waals surface area contributed by atoms with Gasteiger partial charge < -0.3 is 4.42 Å². The predicted octanol–water partition coefficient (Wildman–Crippen LogP) is 14.0. The van der Waals surface area contributed by atoms with Crippen molar-refractivity contribution in [1.82, 2.24) is 15.0 Å². The maximum absolute atomic E-state index is 6.67. The fourth-order valence-electron chi connectivity index (χ4n) is 9.39. The van der Waals surface area contributed by atoms with E-state index in [9.17, 15) is 0 Å². The van der Waals surface area contributed by atoms with Crippen molar-refractivity contribution < 1.29 is 4.42 Å². The van der Waals surface area contributed by atoms with E-state index in [1.807, 2.05) is 30.3 Å². The zero-order valence-corrected chi connectivity index (χ0v) is 32.5. The Hall–Kier alpha value is -7.95. The lowest BCUT2D eigenvalue weighted by Gasteiger charge is -2.33. The Kier molecular flexibility index (Phi) is 7.72. The molecule has 1 aliphatic carbocycles. The van der Waals surface area contributed by atoms with Gasteiger partial charge in [-0.2, -0.15) is 0 Å². The van der Waals surface area contributed by atoms with E-state index in [2.05, 4.69) is 182 Å². The maximum Gasteiger partial charge on any atom is 0.164 e. The first-order valence-electron chi connectivity index (χ1n) is 20.3. The molecule has 0 radical (unpaired) electrons. The summed E-state index contributed by atoms with van der Waals surface area (Å²) >= 11 is 0. The van der Waals surface area contributed by atoms with Crippen LogP contribution in [-0.4, -0.2) is 15.0 Å². The van der Waals surface area contributed by atoms with Crippen molar-refractivity contribution in [1.29, 1.82) is 0 Å². The zero-order valence-electron chi connectivity index (χ0n) is 32.5. The third-order valence-corrected chi connectivity index (χ3v) is 12.2. The average Bonchev–Trinajstić information content (AvgIpc) is 3.85. The van der Waals surface area contributed by atoms with Gasteiger partial charge in [-0.3, -0.25) is 0 Å². The third kappa shape index (κ3) is 5.35. The quantitative estimate of drug-likeness (QED) is 0.169. The minimum Gasteiger partial charge on any atom is -0.456 e. The molecule has 0 amide bonds. The van der Waals surface area contributed by atoms with Gasteiger partial charge in [0.05, 0.1) is 5.41 Å². The van der Waals surface area contributed by atoms with Crippen molar-refractivity contribution in [2.75, 3.05) is 0 Å². The number of hydrogen-bond donors (Lipinski definition) is 0. The number of rotatable bonds is 6. The van der Waals surface area contributed by atoms with Gasteiger partial charge in [-0.25, -0.2) is 15.0 Å². The molecule has 0 atom stereocenters. The summed E-state index contributed by atoms with van der Waals surface area (Å²) in [5.41, 5.74) is 13.8. The van der Waals surface area contributed by atoms with Crippen LogP contribution in [0.2, 0.25) is 0 Å². The number of fused-ring (bicyclic) bond motifs is 7. The molecule has 0 N–H and O–H groups in total. The van der Waals surface area contributed by atoms with Crippen molar-refractivity contribution in [3.05, 3.63) is 235 Å². The predicted molar refractivity (Wildman–Crippen MR) is 244 cm³/mol. The van der Waals surface area contributed by atoms with Crippen LogP contribution in [-0.2, 0) is 5.41 Å². The maximum atomic E-state index is 6.67. The summed E-state index contributed by atoms with van der Waals surface area (Å²) in [6.07, 6.45) is 0. The largest absolute Gasteiger partial charge is 0.456 e. The zero-order chi connectivity index (χ0) is 39.6. The molecule has 4 heteroatoms. The van der Waals surface area contributed by atoms with Gasteiger partial charge in [-0.05, 0) is 79.5 Å². The summed E-state index contributed by atoms with van der Waals surface area (Å²) in [5, 5.41) is 4.50. The SMILES string of the molecule is c1ccc(-c2nc(-c3ccc(-c4ccc5oc6cc(C7(c8ccccc8)c8ccccc8-c8ccccc87)ccc6c5c4)cc3)nc(-c3ccc4ccccc4c3)n2)cc1. The fourth-order valence-corrected chi connectivity index (χ4v) is 9.39. The van der Waals surface area contributed by atoms with Gasteiger partial charge in [0.15, 0.2) is 17.5 Å². The molecule has 2 aromatic heterocycles. The molecule has 0 saturated carbocycles. The van der Waals surface area contributed by atoms with Crippen LogP contribution in [0.5, 0.6) is 0 Å². The highest BCUT2D eigenvalue weighted by Crippen LogP contribution is 2.56. The molecule has 11 aromatic rings. The van der Waals surface area contributed by atoms with Gasteiger partial charge in [-0.15, -0.1) is 0 Å². The van der Waals surface area contributed by atoms with E-state index in [-0.39, 0.29) is 0 Å². The lowest BCUT2D eigenvalue weighted by molar-refractivity contribution is 0.665. The fraction of sp³-hybridized carbons (Fsp3) is 0.0179. The summed E-state index contributed by atoms with van der Waals surface area (Å²) in [6.45, 7) is 0. The molecule has 280 valence electrons. The third-order valence-electron chi connectivity index (χ3n) is 12.2. The number of furan rings is 1. The average molecular weight is 766 g/mol. The van der Waals surface area contributed by atoms with Crippen molar-refractivity contribution in [2.24, 2.45) is 0 Å². The molecule has 0 bridgehead atoms. The Labute approximate surface area is 347 Å². The molecule has 0 unspecified atom stereocenters. The second kappa shape index (κ2) is 13.6. The molecule has 60 heavy (non-hydrogen) atoms. The molecule has 0 saturated heterocycles. The molecular formula is C56H35N3O. The number of aromatic nitrogens is 3. The van der Waals surface area contributed by atoms with Gasteiger partial charge in [-0.1, -0.05) is 188 Å². The molecule has 0 fully saturated rings. The van der Waals surface area contributed by atoms with E-state index in [0.717, 1.165) is 55.1 Å². The van der Waals surface area contributed by atoms with Crippen LogP contribution in [0.25, 0.3) is 89.1 Å². The van der Waals surface area contributed by atoms with Crippen LogP contribution in [0.15, 0.2) is 217 Å². The molecule has 2 heterocycles. The second-order valence-corrected chi connectivity index (χ2v) is 15.5. The van der Waals surface area contributed by atoms with Gasteiger partial charge in [0, 0.05) is 27.5 Å². The van der Waals surface area contributed by atoms with E-state index in [0.29, 0.717) is 17.5 Å². The molecule has 12 rings (SSSR count). The van der Waals surface area contributed by atoms with Crippen LogP contribution in [0.3, 0.4) is 0 Å². The van der Waals surface area contributed by atoms with Crippen molar-refractivity contribution in [2.45, 2.75) is 5.41 Å². The topological polar surface area (TPSA) is 51.8 Å². The van der Waals surface area contributed by atoms with Crippen LogP contribution in [0.1, 0.15) is 22.3 Å². The number of benzene rings is 9. The highest BCUT2D eigenvalue weighted by Gasteiger charge is 2.46. The first kappa shape index (κ1) is 34.1. The lowest BCUT2D eigenvalue weighted by atomic mass is 9.67. The monoisotopic (exact) mass is 765 g/mol. The van der Waals surface area contributed by atoms with Crippen LogP contribution < -0.4 is 0 Å². The summed E-state index contributed by atoms with van der Waals surface area (Å²) in [4.78, 5) is 15.0. The molecule has 1 aliphatic rings. The second-order valence-electron chi connectivity index (χ2n) is 15.5. The van der Waals surface area contributed by atoms with E-state index in [1.165, 1.54) is 38.8 Å². The lowest BCUT2D eigenvalue weighted by Crippen LogP contribution is -2.28. The Balaban J connectivity index is 0.931. The van der Waals surface area contributed by atoms with E-state index < -0.39 is 5.41 Å². The summed E-state index contributed by atoms with van der Waals surface area (Å²) in [6, 6.07) is 75.2. The number of hydrogen-bond acceptors (Lipinski definition) is 4. The van der Waals surface area contributed by atoms with E-state index in [4.69, 9.17) is 19.4 Å². The Morgan fingerprint density at radius 2 is 0.867 bits per heavy atom. The Morgan fingerprint density at radius 3 is 1.58 bits per heavy atom. The van der Waals surface area contributed by atoms with Crippen molar-refractivity contribution in [3.63, 3.8) is 0 Å². The molecular weight excluding hydrogens is 731 g/mol. The van der Waals surface area contributed by atoms with Crippen molar-refractivity contribution in [3.8, 4) is 56.4 Å². The van der Waals surface area contributed by atoms with Gasteiger partial charge in [0.25, 0.3) is 0 Å². The molecule has 9 aromatic carbocycles. The highest BCUT2D eigenvalue weighted by molar-refractivity contribution is 6.07. The highest BCUT2D eigenvalue weighted by atomic mass is 16.3. The first-order valence-corrected chi connectivity index (χ1v) is 20.3. The Morgan fingerprint density at radius 1 is 0.317 bits per heavy atom. The normalized spacial score (nSPS) is 12.8. The van der Waals surface area contributed by atoms with Crippen LogP contribution in [0, 0.1) is 0 Å². The first-order chi connectivity index (χ1) is 29.7. The summed E-state index contributed by atoms with van der Waals surface area (Å²) < 4.78 is 6.67. The molecule has 0 spiro atoms. The van der Waals surface area contributed by atoms with Gasteiger partial charge in [0.1, 0.15) is 11.2 Å². The standard InChI is InChI=1S/C56H35N3O/c1-3-14-38(15-4-1)53-57-54(59-55(58-53)42-28-25-36-13-7-8-16-40(36)33-42)39-26-23-37(24-27-39)41-29-32-51-48(34-41)47-31-30-44(35-52(47)60-51)56(43-17-5-2-6-18-43)49-21-11-9-19-45(49)46-20-10-12-22-50(46)56/h1-35H. The minimum atomic E-state index is -0.481. The smallest absolute Gasteiger partial charge is 0.164 e. The van der Waals surface area contributed by atoms with E-state index >= 15 is 0 Å². The molecule has 0 aliphatic heterocycles. The van der Waals surface area contributed by atoms with Crippen molar-refractivity contribution >= 4 is 32.7 Å². The van der Waals surface area contributed by atoms with E-state index in [1.54, 1.807) is 0 Å². The van der Waals surface area contributed by atoms with Crippen LogP contribution >= 0.6 is 0 Å². The number of nitrogens with zero attached hydrogens (tertiary/aromatic N) is 3. The van der Waals surface area contributed by atoms with Gasteiger partial charge >= 0.3 is 0 Å².